The molecule has 0 bridgehead atoms. The van der Waals surface area contributed by atoms with Gasteiger partial charge in [0, 0.05) is 5.39 Å². The molecule has 1 heterocycles. The van der Waals surface area contributed by atoms with Gasteiger partial charge in [-0.25, -0.2) is 4.98 Å². The highest BCUT2D eigenvalue weighted by Gasteiger charge is 2.22. The van der Waals surface area contributed by atoms with Crippen molar-refractivity contribution in [3.05, 3.63) is 35.9 Å². The van der Waals surface area contributed by atoms with E-state index in [9.17, 15) is 10.2 Å². The van der Waals surface area contributed by atoms with Crippen LogP contribution in [-0.4, -0.2) is 33.9 Å². The first-order valence-electron chi connectivity index (χ1n) is 5.92. The first-order valence-corrected chi connectivity index (χ1v) is 5.92. The van der Waals surface area contributed by atoms with Gasteiger partial charge < -0.3 is 15.5 Å². The van der Waals surface area contributed by atoms with Crippen molar-refractivity contribution in [1.82, 2.24) is 4.98 Å². The van der Waals surface area contributed by atoms with Gasteiger partial charge in [0.05, 0.1) is 35.9 Å². The number of pyridine rings is 1. The van der Waals surface area contributed by atoms with Gasteiger partial charge in [0.25, 0.3) is 0 Å². The van der Waals surface area contributed by atoms with E-state index in [-0.39, 0.29) is 13.2 Å². The van der Waals surface area contributed by atoms with Gasteiger partial charge in [-0.3, -0.25) is 0 Å². The van der Waals surface area contributed by atoms with Crippen LogP contribution in [0.2, 0.25) is 0 Å². The number of hydrogen-bond acceptors (Lipinski definition) is 5. The molecule has 1 aromatic heterocycles. The molecule has 0 amide bonds. The van der Waals surface area contributed by atoms with E-state index in [1.165, 1.54) is 0 Å². The van der Waals surface area contributed by atoms with Gasteiger partial charge in [0.1, 0.15) is 5.82 Å². The molecule has 0 spiro atoms. The summed E-state index contributed by atoms with van der Waals surface area (Å²) in [4.78, 5) is 4.38. The van der Waals surface area contributed by atoms with E-state index >= 15 is 0 Å². The Bertz CT molecular complexity index is 630. The number of para-hydroxylation sites is 1. The molecule has 0 saturated carbocycles. The minimum absolute atomic E-state index is 0.236. The second kappa shape index (κ2) is 5.22. The third kappa shape index (κ3) is 2.65. The third-order valence-corrected chi connectivity index (χ3v) is 2.96. The number of aliphatic hydroxyl groups is 2. The van der Waals surface area contributed by atoms with Crippen LogP contribution in [0.5, 0.6) is 0 Å². The Balaban J connectivity index is 2.49. The van der Waals surface area contributed by atoms with Crippen molar-refractivity contribution < 1.29 is 10.2 Å². The molecule has 0 unspecified atom stereocenters. The van der Waals surface area contributed by atoms with Crippen LogP contribution in [0.25, 0.3) is 10.9 Å². The first kappa shape index (κ1) is 13.3. The molecule has 0 aliphatic rings. The van der Waals surface area contributed by atoms with Crippen LogP contribution in [0.1, 0.15) is 12.5 Å². The van der Waals surface area contributed by atoms with Crippen molar-refractivity contribution >= 4 is 16.7 Å². The molecule has 19 heavy (non-hydrogen) atoms. The molecular formula is C14H15N3O2. The number of rotatable bonds is 4. The standard InChI is InChI=1S/C14H15N3O2/c1-14(8-18,9-19)17-13-6-10(7-15)11-4-2-3-5-12(11)16-13/h2-6,18-19H,8-9H2,1H3,(H,16,17). The van der Waals surface area contributed by atoms with Gasteiger partial charge in [-0.2, -0.15) is 5.26 Å². The third-order valence-electron chi connectivity index (χ3n) is 2.96. The molecule has 2 aromatic rings. The number of nitrogens with one attached hydrogen (secondary N) is 1. The average molecular weight is 257 g/mol. The molecule has 5 heteroatoms. The fraction of sp³-hybridized carbons (Fsp3) is 0.286. The summed E-state index contributed by atoms with van der Waals surface area (Å²) in [7, 11) is 0. The number of nitriles is 1. The van der Waals surface area contributed by atoms with Gasteiger partial charge in [0.15, 0.2) is 0 Å². The minimum atomic E-state index is -0.873. The second-order valence-electron chi connectivity index (χ2n) is 4.69. The van der Waals surface area contributed by atoms with E-state index in [1.807, 2.05) is 24.3 Å². The van der Waals surface area contributed by atoms with Gasteiger partial charge >= 0.3 is 0 Å². The summed E-state index contributed by atoms with van der Waals surface area (Å²) in [6, 6.07) is 11.1. The maximum Gasteiger partial charge on any atom is 0.128 e. The Labute approximate surface area is 111 Å². The first-order chi connectivity index (χ1) is 9.11. The summed E-state index contributed by atoms with van der Waals surface area (Å²) >= 11 is 0. The molecule has 1 aromatic carbocycles. The summed E-state index contributed by atoms with van der Waals surface area (Å²) in [5.41, 5.74) is 0.330. The van der Waals surface area contributed by atoms with Crippen molar-refractivity contribution in [3.63, 3.8) is 0 Å². The number of aliphatic hydroxyl groups excluding tert-OH is 2. The van der Waals surface area contributed by atoms with Crippen molar-refractivity contribution in [3.8, 4) is 6.07 Å². The number of nitrogens with zero attached hydrogens (tertiary/aromatic N) is 2. The summed E-state index contributed by atoms with van der Waals surface area (Å²) in [5.74, 6) is 0.459. The maximum absolute atomic E-state index is 9.27. The number of aromatic nitrogens is 1. The molecular weight excluding hydrogens is 242 g/mol. The Morgan fingerprint density at radius 3 is 2.63 bits per heavy atom. The molecule has 98 valence electrons. The van der Waals surface area contributed by atoms with Crippen LogP contribution in [0.3, 0.4) is 0 Å². The van der Waals surface area contributed by atoms with Gasteiger partial charge in [-0.05, 0) is 19.1 Å². The lowest BCUT2D eigenvalue weighted by atomic mass is 10.0. The van der Waals surface area contributed by atoms with Crippen molar-refractivity contribution in [2.45, 2.75) is 12.5 Å². The van der Waals surface area contributed by atoms with Crippen molar-refractivity contribution in [1.29, 1.82) is 5.26 Å². The molecule has 0 atom stereocenters. The molecule has 0 aliphatic heterocycles. The largest absolute Gasteiger partial charge is 0.394 e. The predicted octanol–water partition coefficient (Wildman–Crippen LogP) is 1.26. The highest BCUT2D eigenvalue weighted by atomic mass is 16.3. The minimum Gasteiger partial charge on any atom is -0.394 e. The zero-order valence-electron chi connectivity index (χ0n) is 10.6. The zero-order valence-corrected chi connectivity index (χ0v) is 10.6. The number of hydrogen-bond donors (Lipinski definition) is 3. The summed E-state index contributed by atoms with van der Waals surface area (Å²) < 4.78 is 0. The molecule has 3 N–H and O–H groups in total. The zero-order chi connectivity index (χ0) is 13.9. The smallest absolute Gasteiger partial charge is 0.128 e. The second-order valence-corrected chi connectivity index (χ2v) is 4.69. The molecule has 2 rings (SSSR count). The monoisotopic (exact) mass is 257 g/mol. The van der Waals surface area contributed by atoms with E-state index in [0.717, 1.165) is 5.39 Å². The highest BCUT2D eigenvalue weighted by Crippen LogP contribution is 2.22. The normalized spacial score (nSPS) is 11.3. The summed E-state index contributed by atoms with van der Waals surface area (Å²) in [6.45, 7) is 1.20. The molecule has 0 fully saturated rings. The van der Waals surface area contributed by atoms with Crippen molar-refractivity contribution in [2.24, 2.45) is 0 Å². The summed E-state index contributed by atoms with van der Waals surface area (Å²) in [5, 5.41) is 31.5. The lowest BCUT2D eigenvalue weighted by molar-refractivity contribution is 0.147. The van der Waals surface area contributed by atoms with E-state index in [2.05, 4.69) is 16.4 Å². The fourth-order valence-corrected chi connectivity index (χ4v) is 1.77. The Morgan fingerprint density at radius 2 is 2.00 bits per heavy atom. The Morgan fingerprint density at radius 1 is 1.32 bits per heavy atom. The SMILES string of the molecule is CC(CO)(CO)Nc1cc(C#N)c2ccccc2n1. The Hall–Kier alpha value is -2.16. The lowest BCUT2D eigenvalue weighted by Gasteiger charge is -2.27. The van der Waals surface area contributed by atoms with Gasteiger partial charge in [0.2, 0.25) is 0 Å². The molecule has 0 radical (unpaired) electrons. The highest BCUT2D eigenvalue weighted by molar-refractivity contribution is 5.86. The van der Waals surface area contributed by atoms with Crippen LogP contribution < -0.4 is 5.32 Å². The van der Waals surface area contributed by atoms with Gasteiger partial charge in [-0.15, -0.1) is 0 Å². The van der Waals surface area contributed by atoms with E-state index in [4.69, 9.17) is 5.26 Å². The number of anilines is 1. The lowest BCUT2D eigenvalue weighted by Crippen LogP contribution is -2.42. The Kier molecular flexibility index (Phi) is 3.65. The molecule has 5 nitrogen and oxygen atoms in total. The van der Waals surface area contributed by atoms with Crippen LogP contribution in [0.4, 0.5) is 5.82 Å². The topological polar surface area (TPSA) is 89.2 Å². The van der Waals surface area contributed by atoms with Crippen molar-refractivity contribution in [2.75, 3.05) is 18.5 Å². The predicted molar refractivity (Wildman–Crippen MR) is 72.7 cm³/mol. The van der Waals surface area contributed by atoms with E-state index in [0.29, 0.717) is 16.9 Å². The van der Waals surface area contributed by atoms with E-state index < -0.39 is 5.54 Å². The average Bonchev–Trinajstić information content (AvgIpc) is 2.46. The molecule has 0 saturated heterocycles. The van der Waals surface area contributed by atoms with Crippen LogP contribution >= 0.6 is 0 Å². The number of fused-ring (bicyclic) bond motifs is 1. The van der Waals surface area contributed by atoms with Crippen LogP contribution in [0, 0.1) is 11.3 Å². The van der Waals surface area contributed by atoms with Crippen LogP contribution in [-0.2, 0) is 0 Å². The van der Waals surface area contributed by atoms with E-state index in [1.54, 1.807) is 13.0 Å². The van der Waals surface area contributed by atoms with Gasteiger partial charge in [-0.1, -0.05) is 18.2 Å². The number of benzene rings is 1. The maximum atomic E-state index is 9.27. The molecule has 0 aliphatic carbocycles. The van der Waals surface area contributed by atoms with Crippen LogP contribution in [0.15, 0.2) is 30.3 Å². The quantitative estimate of drug-likeness (QED) is 0.767. The fourth-order valence-electron chi connectivity index (χ4n) is 1.77. The summed E-state index contributed by atoms with van der Waals surface area (Å²) in [6.07, 6.45) is 0.